The Hall–Kier alpha value is -0.770. The lowest BCUT2D eigenvalue weighted by Gasteiger charge is -2.21. The summed E-state index contributed by atoms with van der Waals surface area (Å²) in [7, 11) is 0. The highest BCUT2D eigenvalue weighted by molar-refractivity contribution is 5.67. The largest absolute Gasteiger partial charge is 0.446 e. The number of amides is 1. The average Bonchev–Trinajstić information content (AvgIpc) is 1.88. The molecule has 1 amide bonds. The quantitative estimate of drug-likeness (QED) is 0.569. The maximum absolute atomic E-state index is 10.5. The maximum atomic E-state index is 10.5. The molecular weight excluding hydrogens is 134 g/mol. The zero-order valence-corrected chi connectivity index (χ0v) is 5.67. The molecule has 0 saturated carbocycles. The van der Waals surface area contributed by atoms with E-state index in [2.05, 4.69) is 5.32 Å². The van der Waals surface area contributed by atoms with E-state index in [1.165, 1.54) is 0 Å². The van der Waals surface area contributed by atoms with Gasteiger partial charge in [-0.3, -0.25) is 0 Å². The molecule has 4 nitrogen and oxygen atoms in total. The fraction of sp³-hybridized carbons (Fsp3) is 0.833. The standard InChI is InChI=1S/C6H11NO3/c8-4-2-5-1-3-7-6(9)10-5/h5,8H,1-4H2,(H,7,9). The lowest BCUT2D eigenvalue weighted by Crippen LogP contribution is -2.38. The first kappa shape index (κ1) is 7.34. The lowest BCUT2D eigenvalue weighted by molar-refractivity contribution is 0.0586. The van der Waals surface area contributed by atoms with Crippen LogP contribution in [0.1, 0.15) is 12.8 Å². The summed E-state index contributed by atoms with van der Waals surface area (Å²) in [6.07, 6.45) is 0.892. The summed E-state index contributed by atoms with van der Waals surface area (Å²) in [5, 5.41) is 11.0. The summed E-state index contributed by atoms with van der Waals surface area (Å²) in [5.41, 5.74) is 0. The van der Waals surface area contributed by atoms with Crippen LogP contribution in [-0.4, -0.2) is 30.5 Å². The summed E-state index contributed by atoms with van der Waals surface area (Å²) in [6, 6.07) is 0. The van der Waals surface area contributed by atoms with Gasteiger partial charge in [-0.15, -0.1) is 0 Å². The van der Waals surface area contributed by atoms with E-state index in [9.17, 15) is 4.79 Å². The molecule has 1 saturated heterocycles. The molecule has 1 fully saturated rings. The third-order valence-electron chi connectivity index (χ3n) is 1.46. The molecule has 4 heteroatoms. The molecule has 10 heavy (non-hydrogen) atoms. The van der Waals surface area contributed by atoms with Gasteiger partial charge in [-0.05, 0) is 0 Å². The SMILES string of the molecule is O=C1NCCC(CCO)O1. The number of aliphatic hydroxyl groups excluding tert-OH is 1. The number of nitrogens with one attached hydrogen (secondary N) is 1. The fourth-order valence-corrected chi connectivity index (χ4v) is 0.934. The van der Waals surface area contributed by atoms with E-state index in [1.807, 2.05) is 0 Å². The predicted molar refractivity (Wildman–Crippen MR) is 34.6 cm³/mol. The molecule has 1 unspecified atom stereocenters. The second-order valence-electron chi connectivity index (χ2n) is 2.26. The molecule has 1 aliphatic heterocycles. The van der Waals surface area contributed by atoms with Gasteiger partial charge in [0.15, 0.2) is 0 Å². The molecule has 0 radical (unpaired) electrons. The highest BCUT2D eigenvalue weighted by atomic mass is 16.6. The van der Waals surface area contributed by atoms with Crippen molar-refractivity contribution in [2.75, 3.05) is 13.2 Å². The predicted octanol–water partition coefficient (Wildman–Crippen LogP) is -0.133. The minimum atomic E-state index is -0.371. The molecule has 58 valence electrons. The Kier molecular flexibility index (Phi) is 2.50. The topological polar surface area (TPSA) is 58.6 Å². The van der Waals surface area contributed by atoms with Crippen LogP contribution in [-0.2, 0) is 4.74 Å². The smallest absolute Gasteiger partial charge is 0.407 e. The average molecular weight is 145 g/mol. The van der Waals surface area contributed by atoms with Gasteiger partial charge in [0.2, 0.25) is 0 Å². The van der Waals surface area contributed by atoms with Crippen molar-refractivity contribution in [3.63, 3.8) is 0 Å². The molecule has 0 spiro atoms. The monoisotopic (exact) mass is 145 g/mol. The maximum Gasteiger partial charge on any atom is 0.407 e. The molecule has 0 aromatic carbocycles. The highest BCUT2D eigenvalue weighted by Gasteiger charge is 2.18. The molecule has 1 aliphatic rings. The lowest BCUT2D eigenvalue weighted by atomic mass is 10.2. The van der Waals surface area contributed by atoms with E-state index in [4.69, 9.17) is 9.84 Å². The van der Waals surface area contributed by atoms with Crippen LogP contribution in [0.4, 0.5) is 4.79 Å². The zero-order valence-electron chi connectivity index (χ0n) is 5.67. The number of rotatable bonds is 2. The van der Waals surface area contributed by atoms with E-state index in [0.29, 0.717) is 13.0 Å². The van der Waals surface area contributed by atoms with Gasteiger partial charge in [0.1, 0.15) is 6.10 Å². The summed E-state index contributed by atoms with van der Waals surface area (Å²) < 4.78 is 4.82. The number of carbonyl (C=O) groups is 1. The molecule has 1 atom stereocenters. The van der Waals surface area contributed by atoms with Crippen molar-refractivity contribution >= 4 is 6.09 Å². The van der Waals surface area contributed by atoms with Gasteiger partial charge in [-0.1, -0.05) is 0 Å². The molecule has 0 bridgehead atoms. The van der Waals surface area contributed by atoms with Crippen LogP contribution < -0.4 is 5.32 Å². The van der Waals surface area contributed by atoms with E-state index < -0.39 is 0 Å². The minimum Gasteiger partial charge on any atom is -0.446 e. The van der Waals surface area contributed by atoms with Crippen molar-refractivity contribution in [3.05, 3.63) is 0 Å². The van der Waals surface area contributed by atoms with Crippen molar-refractivity contribution < 1.29 is 14.6 Å². The number of carbonyl (C=O) groups excluding carboxylic acids is 1. The third-order valence-corrected chi connectivity index (χ3v) is 1.46. The van der Waals surface area contributed by atoms with Gasteiger partial charge in [0.05, 0.1) is 0 Å². The normalized spacial score (nSPS) is 25.3. The minimum absolute atomic E-state index is 0.0813. The van der Waals surface area contributed by atoms with Crippen LogP contribution in [0.15, 0.2) is 0 Å². The van der Waals surface area contributed by atoms with Crippen LogP contribution >= 0.6 is 0 Å². The Morgan fingerprint density at radius 3 is 3.20 bits per heavy atom. The third kappa shape index (κ3) is 1.88. The van der Waals surface area contributed by atoms with E-state index in [-0.39, 0.29) is 18.8 Å². The summed E-state index contributed by atoms with van der Waals surface area (Å²) in [4.78, 5) is 10.5. The molecular formula is C6H11NO3. The van der Waals surface area contributed by atoms with Crippen LogP contribution in [0.3, 0.4) is 0 Å². The van der Waals surface area contributed by atoms with Gasteiger partial charge in [-0.2, -0.15) is 0 Å². The number of hydrogen-bond donors (Lipinski definition) is 2. The van der Waals surface area contributed by atoms with Crippen LogP contribution in [0.25, 0.3) is 0 Å². The number of alkyl carbamates (subject to hydrolysis) is 1. The second kappa shape index (κ2) is 3.41. The van der Waals surface area contributed by atoms with Gasteiger partial charge < -0.3 is 15.2 Å². The first-order valence-corrected chi connectivity index (χ1v) is 3.38. The van der Waals surface area contributed by atoms with E-state index in [1.54, 1.807) is 0 Å². The van der Waals surface area contributed by atoms with Crippen LogP contribution in [0.2, 0.25) is 0 Å². The summed E-state index contributed by atoms with van der Waals surface area (Å²) in [6.45, 7) is 0.738. The molecule has 1 rings (SSSR count). The van der Waals surface area contributed by atoms with Gasteiger partial charge in [0.25, 0.3) is 0 Å². The van der Waals surface area contributed by atoms with Crippen molar-refractivity contribution in [3.8, 4) is 0 Å². The van der Waals surface area contributed by atoms with Gasteiger partial charge in [-0.25, -0.2) is 4.79 Å². The summed E-state index contributed by atoms with van der Waals surface area (Å²) in [5.74, 6) is 0. The van der Waals surface area contributed by atoms with Crippen LogP contribution in [0.5, 0.6) is 0 Å². The van der Waals surface area contributed by atoms with Gasteiger partial charge >= 0.3 is 6.09 Å². The fourth-order valence-electron chi connectivity index (χ4n) is 0.934. The number of cyclic esters (lactones) is 1. The molecule has 2 N–H and O–H groups in total. The van der Waals surface area contributed by atoms with Gasteiger partial charge in [0, 0.05) is 26.0 Å². The number of aliphatic hydroxyl groups is 1. The Morgan fingerprint density at radius 2 is 2.60 bits per heavy atom. The number of hydrogen-bond acceptors (Lipinski definition) is 3. The Bertz CT molecular complexity index is 124. The molecule has 1 heterocycles. The highest BCUT2D eigenvalue weighted by Crippen LogP contribution is 2.06. The zero-order chi connectivity index (χ0) is 7.40. The number of ether oxygens (including phenoxy) is 1. The Labute approximate surface area is 59.2 Å². The molecule has 0 aromatic heterocycles. The van der Waals surface area contributed by atoms with Crippen molar-refractivity contribution in [2.24, 2.45) is 0 Å². The summed E-state index contributed by atoms with van der Waals surface area (Å²) >= 11 is 0. The second-order valence-corrected chi connectivity index (χ2v) is 2.26. The first-order chi connectivity index (χ1) is 4.83. The first-order valence-electron chi connectivity index (χ1n) is 3.38. The Balaban J connectivity index is 2.25. The molecule has 0 aromatic rings. The van der Waals surface area contributed by atoms with E-state index >= 15 is 0 Å². The van der Waals surface area contributed by atoms with Crippen molar-refractivity contribution in [1.29, 1.82) is 0 Å². The van der Waals surface area contributed by atoms with E-state index in [0.717, 1.165) is 6.42 Å². The van der Waals surface area contributed by atoms with Crippen molar-refractivity contribution in [1.82, 2.24) is 5.32 Å². The Morgan fingerprint density at radius 1 is 1.80 bits per heavy atom. The van der Waals surface area contributed by atoms with Crippen LogP contribution in [0, 0.1) is 0 Å². The molecule has 0 aliphatic carbocycles. The van der Waals surface area contributed by atoms with Crippen molar-refractivity contribution in [2.45, 2.75) is 18.9 Å².